The number of amides is 1. The molecule has 2 N–H and O–H groups in total. The van der Waals surface area contributed by atoms with Crippen LogP contribution < -0.4 is 5.43 Å². The van der Waals surface area contributed by atoms with Gasteiger partial charge in [0, 0.05) is 10.0 Å². The fraction of sp³-hybridized carbons (Fsp3) is 0.0556. The first kappa shape index (κ1) is 16.1. The van der Waals surface area contributed by atoms with Gasteiger partial charge in [0.15, 0.2) is 0 Å². The molecular formula is C18H15BrN4O. The molecule has 1 heterocycles. The molecule has 0 fully saturated rings. The van der Waals surface area contributed by atoms with Gasteiger partial charge in [0.2, 0.25) is 0 Å². The molecule has 120 valence electrons. The summed E-state index contributed by atoms with van der Waals surface area (Å²) in [7, 11) is 0. The first-order valence-electron chi connectivity index (χ1n) is 7.33. The Labute approximate surface area is 147 Å². The highest BCUT2D eigenvalue weighted by Gasteiger charge is 2.10. The molecule has 0 aliphatic carbocycles. The van der Waals surface area contributed by atoms with Crippen molar-refractivity contribution in [2.24, 2.45) is 5.10 Å². The minimum Gasteiger partial charge on any atom is -0.272 e. The van der Waals surface area contributed by atoms with Crippen LogP contribution in [0.5, 0.6) is 0 Å². The Bertz CT molecular complexity index is 867. The van der Waals surface area contributed by atoms with Crippen LogP contribution in [0.2, 0.25) is 0 Å². The van der Waals surface area contributed by atoms with E-state index in [2.05, 4.69) is 36.7 Å². The standard InChI is InChI=1S/C18H15BrN4O/c1-12-2-6-14(7-3-12)16-10-17(22-21-16)18(24)23-20-11-13-4-8-15(19)9-5-13/h2-11H,1H3,(H,21,22)(H,23,24). The number of hydrazone groups is 1. The molecule has 5 nitrogen and oxygen atoms in total. The van der Waals surface area contributed by atoms with Gasteiger partial charge in [-0.1, -0.05) is 57.9 Å². The monoisotopic (exact) mass is 382 g/mol. The average Bonchev–Trinajstić information content (AvgIpc) is 3.07. The number of hydrogen-bond acceptors (Lipinski definition) is 3. The molecule has 2 aromatic carbocycles. The first-order chi connectivity index (χ1) is 11.6. The fourth-order valence-corrected chi connectivity index (χ4v) is 2.35. The lowest BCUT2D eigenvalue weighted by Gasteiger charge is -1.97. The zero-order valence-corrected chi connectivity index (χ0v) is 14.5. The van der Waals surface area contributed by atoms with E-state index in [1.54, 1.807) is 12.3 Å². The SMILES string of the molecule is Cc1ccc(-c2cc(C(=O)NN=Cc3ccc(Br)cc3)[nH]n2)cc1. The van der Waals surface area contributed by atoms with Crippen LogP contribution in [0.1, 0.15) is 21.6 Å². The molecule has 0 atom stereocenters. The van der Waals surface area contributed by atoms with E-state index in [1.807, 2.05) is 55.5 Å². The zero-order chi connectivity index (χ0) is 16.9. The second kappa shape index (κ2) is 7.23. The molecule has 0 unspecified atom stereocenters. The summed E-state index contributed by atoms with van der Waals surface area (Å²) >= 11 is 3.37. The number of halogens is 1. The van der Waals surface area contributed by atoms with Crippen LogP contribution in [-0.2, 0) is 0 Å². The molecule has 0 spiro atoms. The van der Waals surface area contributed by atoms with Crippen LogP contribution in [0.3, 0.4) is 0 Å². The Balaban J connectivity index is 1.65. The van der Waals surface area contributed by atoms with Crippen LogP contribution in [0.4, 0.5) is 0 Å². The van der Waals surface area contributed by atoms with Crippen molar-refractivity contribution in [2.45, 2.75) is 6.92 Å². The van der Waals surface area contributed by atoms with E-state index in [0.717, 1.165) is 21.3 Å². The molecule has 3 rings (SSSR count). The molecule has 0 aliphatic rings. The topological polar surface area (TPSA) is 70.1 Å². The predicted molar refractivity (Wildman–Crippen MR) is 98.0 cm³/mol. The lowest BCUT2D eigenvalue weighted by atomic mass is 10.1. The summed E-state index contributed by atoms with van der Waals surface area (Å²) in [4.78, 5) is 12.1. The van der Waals surface area contributed by atoms with Gasteiger partial charge in [0.25, 0.3) is 5.91 Å². The molecule has 0 radical (unpaired) electrons. The highest BCUT2D eigenvalue weighted by atomic mass is 79.9. The van der Waals surface area contributed by atoms with Crippen molar-refractivity contribution in [2.75, 3.05) is 0 Å². The van der Waals surface area contributed by atoms with E-state index in [4.69, 9.17) is 0 Å². The van der Waals surface area contributed by atoms with Crippen molar-refractivity contribution in [3.63, 3.8) is 0 Å². The van der Waals surface area contributed by atoms with Crippen molar-refractivity contribution in [3.8, 4) is 11.3 Å². The zero-order valence-electron chi connectivity index (χ0n) is 13.0. The highest BCUT2D eigenvalue weighted by molar-refractivity contribution is 9.10. The van der Waals surface area contributed by atoms with Crippen LogP contribution >= 0.6 is 15.9 Å². The summed E-state index contributed by atoms with van der Waals surface area (Å²) in [5.74, 6) is -0.339. The Morgan fingerprint density at radius 3 is 2.58 bits per heavy atom. The lowest BCUT2D eigenvalue weighted by molar-refractivity contribution is 0.0950. The maximum Gasteiger partial charge on any atom is 0.289 e. The van der Waals surface area contributed by atoms with E-state index in [0.29, 0.717) is 5.69 Å². The molecule has 0 saturated heterocycles. The van der Waals surface area contributed by atoms with Gasteiger partial charge in [-0.05, 0) is 30.7 Å². The number of nitrogens with zero attached hydrogens (tertiary/aromatic N) is 2. The Morgan fingerprint density at radius 1 is 1.17 bits per heavy atom. The number of nitrogens with one attached hydrogen (secondary N) is 2. The van der Waals surface area contributed by atoms with Gasteiger partial charge in [0.05, 0.1) is 11.9 Å². The third-order valence-electron chi connectivity index (χ3n) is 3.42. The molecule has 1 aromatic heterocycles. The van der Waals surface area contributed by atoms with Gasteiger partial charge in [-0.2, -0.15) is 10.2 Å². The number of carbonyl (C=O) groups is 1. The largest absolute Gasteiger partial charge is 0.289 e. The minimum absolute atomic E-state index is 0.339. The number of benzene rings is 2. The number of rotatable bonds is 4. The number of aryl methyl sites for hydroxylation is 1. The van der Waals surface area contributed by atoms with Gasteiger partial charge >= 0.3 is 0 Å². The lowest BCUT2D eigenvalue weighted by Crippen LogP contribution is -2.17. The van der Waals surface area contributed by atoms with Crippen molar-refractivity contribution >= 4 is 28.1 Å². The van der Waals surface area contributed by atoms with Gasteiger partial charge in [0.1, 0.15) is 5.69 Å². The number of H-pyrrole nitrogens is 1. The molecule has 3 aromatic rings. The van der Waals surface area contributed by atoms with E-state index < -0.39 is 0 Å². The number of aromatic nitrogens is 2. The smallest absolute Gasteiger partial charge is 0.272 e. The molecule has 0 bridgehead atoms. The molecule has 0 saturated carbocycles. The predicted octanol–water partition coefficient (Wildman–Crippen LogP) is 3.91. The quantitative estimate of drug-likeness (QED) is 0.530. The second-order valence-electron chi connectivity index (χ2n) is 5.28. The van der Waals surface area contributed by atoms with Crippen molar-refractivity contribution in [1.82, 2.24) is 15.6 Å². The van der Waals surface area contributed by atoms with E-state index in [1.165, 1.54) is 5.56 Å². The van der Waals surface area contributed by atoms with Crippen LogP contribution in [0, 0.1) is 6.92 Å². The molecule has 24 heavy (non-hydrogen) atoms. The minimum atomic E-state index is -0.339. The maximum absolute atomic E-state index is 12.1. The summed E-state index contributed by atoms with van der Waals surface area (Å²) in [6.07, 6.45) is 1.58. The van der Waals surface area contributed by atoms with Gasteiger partial charge in [-0.25, -0.2) is 5.43 Å². The molecular weight excluding hydrogens is 368 g/mol. The second-order valence-corrected chi connectivity index (χ2v) is 6.20. The maximum atomic E-state index is 12.1. The summed E-state index contributed by atoms with van der Waals surface area (Å²) in [6.45, 7) is 2.02. The van der Waals surface area contributed by atoms with E-state index >= 15 is 0 Å². The number of hydrogen-bond donors (Lipinski definition) is 2. The Morgan fingerprint density at radius 2 is 1.88 bits per heavy atom. The summed E-state index contributed by atoms with van der Waals surface area (Å²) in [5.41, 5.74) is 6.58. The van der Waals surface area contributed by atoms with Gasteiger partial charge in [-0.15, -0.1) is 0 Å². The number of aromatic amines is 1. The molecule has 6 heteroatoms. The molecule has 0 aliphatic heterocycles. The van der Waals surface area contributed by atoms with E-state index in [-0.39, 0.29) is 5.91 Å². The summed E-state index contributed by atoms with van der Waals surface area (Å²) in [6, 6.07) is 17.3. The number of carbonyl (C=O) groups excluding carboxylic acids is 1. The third kappa shape index (κ3) is 3.97. The molecule has 1 amide bonds. The normalized spacial score (nSPS) is 10.9. The first-order valence-corrected chi connectivity index (χ1v) is 8.12. The third-order valence-corrected chi connectivity index (χ3v) is 3.95. The van der Waals surface area contributed by atoms with Crippen molar-refractivity contribution in [1.29, 1.82) is 0 Å². The van der Waals surface area contributed by atoms with Crippen molar-refractivity contribution in [3.05, 3.63) is 75.9 Å². The fourth-order valence-electron chi connectivity index (χ4n) is 2.08. The van der Waals surface area contributed by atoms with Gasteiger partial charge in [-0.3, -0.25) is 9.89 Å². The van der Waals surface area contributed by atoms with Crippen molar-refractivity contribution < 1.29 is 4.79 Å². The Hall–Kier alpha value is -2.73. The average molecular weight is 383 g/mol. The van der Waals surface area contributed by atoms with Crippen LogP contribution in [0.25, 0.3) is 11.3 Å². The van der Waals surface area contributed by atoms with Gasteiger partial charge < -0.3 is 0 Å². The summed E-state index contributed by atoms with van der Waals surface area (Å²) < 4.78 is 0.991. The van der Waals surface area contributed by atoms with Crippen LogP contribution in [0.15, 0.2) is 64.2 Å². The van der Waals surface area contributed by atoms with E-state index in [9.17, 15) is 4.79 Å². The highest BCUT2D eigenvalue weighted by Crippen LogP contribution is 2.18. The van der Waals surface area contributed by atoms with Crippen LogP contribution in [-0.4, -0.2) is 22.3 Å². The Kier molecular flexibility index (Phi) is 4.86. The summed E-state index contributed by atoms with van der Waals surface area (Å²) in [5, 5.41) is 10.9.